The zero-order valence-corrected chi connectivity index (χ0v) is 14.0. The van der Waals surface area contributed by atoms with Gasteiger partial charge in [-0.3, -0.25) is 4.68 Å². The van der Waals surface area contributed by atoms with Crippen molar-refractivity contribution in [2.45, 2.75) is 52.0 Å². The van der Waals surface area contributed by atoms with Crippen molar-refractivity contribution < 1.29 is 0 Å². The van der Waals surface area contributed by atoms with Crippen molar-refractivity contribution in [1.29, 1.82) is 0 Å². The smallest absolute Gasteiger partial charge is 0.115 e. The fraction of sp³-hybridized carbons (Fsp3) is 0.625. The highest BCUT2D eigenvalue weighted by atomic mass is 32.1. The normalized spacial score (nSPS) is 15.4. The Balaban J connectivity index is 1.96. The van der Waals surface area contributed by atoms with Gasteiger partial charge >= 0.3 is 0 Å². The molecule has 0 aliphatic heterocycles. The molecule has 114 valence electrons. The van der Waals surface area contributed by atoms with Crippen molar-refractivity contribution in [3.05, 3.63) is 33.0 Å². The predicted molar refractivity (Wildman–Crippen MR) is 86.9 cm³/mol. The van der Waals surface area contributed by atoms with E-state index in [1.54, 1.807) is 0 Å². The van der Waals surface area contributed by atoms with Crippen LogP contribution in [0.5, 0.6) is 0 Å². The first kappa shape index (κ1) is 14.7. The van der Waals surface area contributed by atoms with E-state index in [1.165, 1.54) is 39.7 Å². The van der Waals surface area contributed by atoms with Gasteiger partial charge in [0.1, 0.15) is 5.01 Å². The first-order valence-corrected chi connectivity index (χ1v) is 8.78. The molecule has 2 heterocycles. The molecule has 1 atom stereocenters. The molecule has 0 bridgehead atoms. The van der Waals surface area contributed by atoms with Gasteiger partial charge in [0.15, 0.2) is 0 Å². The Labute approximate surface area is 130 Å². The van der Waals surface area contributed by atoms with Crippen LogP contribution in [0.25, 0.3) is 0 Å². The molecule has 1 N–H and O–H groups in total. The van der Waals surface area contributed by atoms with Crippen molar-refractivity contribution in [3.8, 4) is 0 Å². The molecule has 0 radical (unpaired) electrons. The molecule has 3 rings (SSSR count). The van der Waals surface area contributed by atoms with Crippen LogP contribution < -0.4 is 5.32 Å². The lowest BCUT2D eigenvalue weighted by Crippen LogP contribution is -2.23. The Morgan fingerprint density at radius 2 is 2.24 bits per heavy atom. The highest BCUT2D eigenvalue weighted by Crippen LogP contribution is 2.34. The Hall–Kier alpha value is -1.20. The van der Waals surface area contributed by atoms with Crippen LogP contribution in [0.4, 0.5) is 0 Å². The quantitative estimate of drug-likeness (QED) is 0.892. The summed E-state index contributed by atoms with van der Waals surface area (Å²) in [5.74, 6) is 0. The number of hydrogen-bond donors (Lipinski definition) is 1. The topological polar surface area (TPSA) is 42.7 Å². The van der Waals surface area contributed by atoms with Crippen molar-refractivity contribution in [2.24, 2.45) is 7.05 Å². The van der Waals surface area contributed by atoms with Crippen LogP contribution in [0.2, 0.25) is 0 Å². The Morgan fingerprint density at radius 1 is 1.38 bits per heavy atom. The van der Waals surface area contributed by atoms with Gasteiger partial charge in [0.25, 0.3) is 0 Å². The molecule has 1 aliphatic rings. The standard InChI is InChI=1S/C16H24N4S/c1-4-9-17-15(11-10-20(3)19-12(11)5-2)16-18-13-7-6-8-14(13)21-16/h10,15,17H,4-9H2,1-3H3. The number of aryl methyl sites for hydroxylation is 4. The summed E-state index contributed by atoms with van der Waals surface area (Å²) < 4.78 is 1.93. The number of hydrogen-bond acceptors (Lipinski definition) is 4. The van der Waals surface area contributed by atoms with Gasteiger partial charge in [-0.05, 0) is 38.6 Å². The maximum absolute atomic E-state index is 4.92. The minimum Gasteiger partial charge on any atom is -0.304 e. The van der Waals surface area contributed by atoms with Crippen molar-refractivity contribution in [2.75, 3.05) is 6.54 Å². The van der Waals surface area contributed by atoms with Gasteiger partial charge in [-0.1, -0.05) is 13.8 Å². The van der Waals surface area contributed by atoms with Crippen LogP contribution in [-0.2, 0) is 26.3 Å². The second kappa shape index (κ2) is 6.28. The van der Waals surface area contributed by atoms with Crippen LogP contribution in [0, 0.1) is 0 Å². The second-order valence-electron chi connectivity index (χ2n) is 5.72. The third kappa shape index (κ3) is 2.90. The average Bonchev–Trinajstić information content (AvgIpc) is 3.13. The summed E-state index contributed by atoms with van der Waals surface area (Å²) in [6.45, 7) is 5.38. The van der Waals surface area contributed by atoms with Crippen LogP contribution >= 0.6 is 11.3 Å². The third-order valence-corrected chi connectivity index (χ3v) is 5.26. The summed E-state index contributed by atoms with van der Waals surface area (Å²) in [5, 5.41) is 9.49. The van der Waals surface area contributed by atoms with E-state index in [-0.39, 0.29) is 6.04 Å². The van der Waals surface area contributed by atoms with Gasteiger partial charge in [0, 0.05) is 23.7 Å². The van der Waals surface area contributed by atoms with E-state index in [1.807, 2.05) is 23.1 Å². The molecule has 0 aromatic carbocycles. The molecule has 21 heavy (non-hydrogen) atoms. The minimum absolute atomic E-state index is 0.198. The van der Waals surface area contributed by atoms with Gasteiger partial charge in [0.2, 0.25) is 0 Å². The molecule has 1 unspecified atom stereocenters. The van der Waals surface area contributed by atoms with Crippen molar-refractivity contribution in [1.82, 2.24) is 20.1 Å². The highest BCUT2D eigenvalue weighted by Gasteiger charge is 2.25. The lowest BCUT2D eigenvalue weighted by molar-refractivity contribution is 0.590. The van der Waals surface area contributed by atoms with Gasteiger partial charge < -0.3 is 5.32 Å². The predicted octanol–water partition coefficient (Wildman–Crippen LogP) is 3.02. The molecule has 4 nitrogen and oxygen atoms in total. The number of rotatable bonds is 6. The van der Waals surface area contributed by atoms with E-state index in [9.17, 15) is 0 Å². The van der Waals surface area contributed by atoms with E-state index in [0.717, 1.165) is 25.8 Å². The molecule has 0 amide bonds. The molecular weight excluding hydrogens is 280 g/mol. The van der Waals surface area contributed by atoms with Gasteiger partial charge in [0.05, 0.1) is 17.4 Å². The summed E-state index contributed by atoms with van der Waals surface area (Å²) >= 11 is 1.89. The van der Waals surface area contributed by atoms with E-state index in [4.69, 9.17) is 4.98 Å². The Kier molecular flexibility index (Phi) is 4.40. The zero-order chi connectivity index (χ0) is 14.8. The summed E-state index contributed by atoms with van der Waals surface area (Å²) in [5.41, 5.74) is 3.81. The Morgan fingerprint density at radius 3 is 2.95 bits per heavy atom. The van der Waals surface area contributed by atoms with Gasteiger partial charge in [-0.15, -0.1) is 11.3 Å². The molecule has 0 spiro atoms. The maximum Gasteiger partial charge on any atom is 0.115 e. The maximum atomic E-state index is 4.92. The van der Waals surface area contributed by atoms with Crippen LogP contribution in [0.1, 0.15) is 59.6 Å². The summed E-state index contributed by atoms with van der Waals surface area (Å²) in [4.78, 5) is 6.42. The molecular formula is C16H24N4S. The molecule has 5 heteroatoms. The monoisotopic (exact) mass is 304 g/mol. The highest BCUT2D eigenvalue weighted by molar-refractivity contribution is 7.11. The third-order valence-electron chi connectivity index (χ3n) is 4.04. The van der Waals surface area contributed by atoms with Gasteiger partial charge in [-0.25, -0.2) is 4.98 Å². The van der Waals surface area contributed by atoms with Crippen LogP contribution in [-0.4, -0.2) is 21.3 Å². The van der Waals surface area contributed by atoms with E-state index >= 15 is 0 Å². The second-order valence-corrected chi connectivity index (χ2v) is 6.84. The van der Waals surface area contributed by atoms with E-state index < -0.39 is 0 Å². The first-order valence-electron chi connectivity index (χ1n) is 7.97. The fourth-order valence-electron chi connectivity index (χ4n) is 3.02. The van der Waals surface area contributed by atoms with E-state index in [0.29, 0.717) is 0 Å². The van der Waals surface area contributed by atoms with Gasteiger partial charge in [-0.2, -0.15) is 5.10 Å². The number of aromatic nitrogens is 3. The number of nitrogens with zero attached hydrogens (tertiary/aromatic N) is 3. The van der Waals surface area contributed by atoms with Crippen LogP contribution in [0.15, 0.2) is 6.20 Å². The Bertz CT molecular complexity index is 592. The molecule has 2 aromatic rings. The largest absolute Gasteiger partial charge is 0.304 e. The fourth-order valence-corrected chi connectivity index (χ4v) is 4.27. The summed E-state index contributed by atoms with van der Waals surface area (Å²) in [6.07, 6.45) is 7.88. The first-order chi connectivity index (χ1) is 10.2. The molecule has 2 aromatic heterocycles. The minimum atomic E-state index is 0.198. The lowest BCUT2D eigenvalue weighted by atomic mass is 10.1. The van der Waals surface area contributed by atoms with Crippen molar-refractivity contribution >= 4 is 11.3 Å². The number of nitrogens with one attached hydrogen (secondary N) is 1. The molecule has 0 saturated heterocycles. The van der Waals surface area contributed by atoms with E-state index in [2.05, 4.69) is 30.5 Å². The molecule has 0 fully saturated rings. The molecule has 1 aliphatic carbocycles. The molecule has 0 saturated carbocycles. The number of fused-ring (bicyclic) bond motifs is 1. The van der Waals surface area contributed by atoms with Crippen molar-refractivity contribution in [3.63, 3.8) is 0 Å². The number of thiazole rings is 1. The summed E-state index contributed by atoms with van der Waals surface area (Å²) in [6, 6.07) is 0.198. The average molecular weight is 304 g/mol. The lowest BCUT2D eigenvalue weighted by Gasteiger charge is -2.16. The SMILES string of the molecule is CCCNC(c1nc2c(s1)CCC2)c1cn(C)nc1CC. The summed E-state index contributed by atoms with van der Waals surface area (Å²) in [7, 11) is 2.00. The zero-order valence-electron chi connectivity index (χ0n) is 13.1. The van der Waals surface area contributed by atoms with Crippen LogP contribution in [0.3, 0.4) is 0 Å².